The first-order chi connectivity index (χ1) is 13.4. The van der Waals surface area contributed by atoms with Gasteiger partial charge in [-0.3, -0.25) is 0 Å². The second kappa shape index (κ2) is 6.71. The predicted octanol–water partition coefficient (Wildman–Crippen LogP) is 4.35. The second-order valence-electron chi connectivity index (χ2n) is 8.07. The highest BCUT2D eigenvalue weighted by Crippen LogP contribution is 2.53. The maximum absolute atomic E-state index is 6.34. The molecule has 1 fully saturated rings. The fraction of sp³-hybridized carbons (Fsp3) is 0.409. The van der Waals surface area contributed by atoms with Gasteiger partial charge in [0.05, 0.1) is 18.2 Å². The molecule has 0 amide bonds. The lowest BCUT2D eigenvalue weighted by Crippen LogP contribution is -2.55. The highest BCUT2D eigenvalue weighted by molar-refractivity contribution is 5.70. The number of allylic oxidation sites excluding steroid dienone is 1. The van der Waals surface area contributed by atoms with Crippen LogP contribution in [0, 0.1) is 0 Å². The Morgan fingerprint density at radius 3 is 2.89 bits per heavy atom. The Morgan fingerprint density at radius 2 is 2.21 bits per heavy atom. The summed E-state index contributed by atoms with van der Waals surface area (Å²) in [7, 11) is 0. The molecule has 0 aromatic carbocycles. The molecule has 6 heteroatoms. The highest BCUT2D eigenvalue weighted by Gasteiger charge is 2.55. The zero-order valence-corrected chi connectivity index (χ0v) is 16.8. The van der Waals surface area contributed by atoms with Crippen molar-refractivity contribution < 1.29 is 4.74 Å². The first-order valence-electron chi connectivity index (χ1n) is 9.70. The van der Waals surface area contributed by atoms with Crippen LogP contribution in [0.25, 0.3) is 0 Å². The van der Waals surface area contributed by atoms with Crippen molar-refractivity contribution in [3.8, 4) is 0 Å². The Bertz CT molecular complexity index is 914. The lowest BCUT2D eigenvalue weighted by atomic mass is 9.73. The van der Waals surface area contributed by atoms with Crippen LogP contribution in [0.4, 0.5) is 17.6 Å². The number of aromatic nitrogens is 3. The molecule has 0 saturated carbocycles. The fourth-order valence-electron chi connectivity index (χ4n) is 4.12. The van der Waals surface area contributed by atoms with Crippen LogP contribution in [0.3, 0.4) is 0 Å². The molecule has 2 aromatic heterocycles. The van der Waals surface area contributed by atoms with Gasteiger partial charge >= 0.3 is 0 Å². The van der Waals surface area contributed by atoms with Crippen molar-refractivity contribution in [3.05, 3.63) is 61.1 Å². The summed E-state index contributed by atoms with van der Waals surface area (Å²) in [4.78, 5) is 16.3. The third-order valence-corrected chi connectivity index (χ3v) is 6.17. The summed E-state index contributed by atoms with van der Waals surface area (Å²) in [5, 5.41) is 3.10. The molecular formula is C22H27N5O. The van der Waals surface area contributed by atoms with E-state index in [1.54, 1.807) is 6.08 Å². The molecule has 0 spiro atoms. The van der Waals surface area contributed by atoms with E-state index in [1.165, 1.54) is 0 Å². The van der Waals surface area contributed by atoms with Gasteiger partial charge in [0.1, 0.15) is 11.6 Å². The molecule has 2 unspecified atom stereocenters. The van der Waals surface area contributed by atoms with Gasteiger partial charge < -0.3 is 15.0 Å². The molecule has 2 aliphatic heterocycles. The molecule has 1 N–H and O–H groups in total. The van der Waals surface area contributed by atoms with Crippen LogP contribution in [0.5, 0.6) is 0 Å². The van der Waals surface area contributed by atoms with Crippen LogP contribution in [-0.4, -0.2) is 33.2 Å². The maximum atomic E-state index is 6.34. The van der Waals surface area contributed by atoms with Crippen LogP contribution in [0.2, 0.25) is 0 Å². The smallest absolute Gasteiger partial charge is 0.229 e. The van der Waals surface area contributed by atoms with Gasteiger partial charge in [0.2, 0.25) is 5.95 Å². The average molecular weight is 377 g/mol. The molecule has 6 nitrogen and oxygen atoms in total. The predicted molar refractivity (Wildman–Crippen MR) is 112 cm³/mol. The lowest BCUT2D eigenvalue weighted by molar-refractivity contribution is -0.103. The zero-order valence-electron chi connectivity index (χ0n) is 16.8. The molecule has 2 aliphatic rings. The minimum Gasteiger partial charge on any atom is -0.374 e. The van der Waals surface area contributed by atoms with E-state index in [4.69, 9.17) is 9.72 Å². The van der Waals surface area contributed by atoms with Gasteiger partial charge in [-0.1, -0.05) is 33.1 Å². The molecule has 4 heterocycles. The maximum Gasteiger partial charge on any atom is 0.229 e. The van der Waals surface area contributed by atoms with Crippen LogP contribution < -0.4 is 10.2 Å². The van der Waals surface area contributed by atoms with E-state index in [2.05, 4.69) is 54.1 Å². The number of hydrogen-bond acceptors (Lipinski definition) is 6. The molecule has 0 aliphatic carbocycles. The number of nitrogens with one attached hydrogen (secondary N) is 1. The summed E-state index contributed by atoms with van der Waals surface area (Å²) < 4.78 is 6.34. The minimum atomic E-state index is -0.199. The van der Waals surface area contributed by atoms with Gasteiger partial charge in [-0.05, 0) is 38.0 Å². The standard InChI is InChI=1S/C22H27N5O/c1-6-15(3)25-20-24-13-16-19(26-20)27(18-10-8-9-11-23-18)17-12-21(4,7-2)28-14-22(16,17)5/h6,8-11,13,17H,1,3,7,12,14H2,2,4-5H3,(H,24,25,26)/t17?,21?,22-/m1/s1. The van der Waals surface area contributed by atoms with Crippen LogP contribution in [0.15, 0.2) is 55.5 Å². The van der Waals surface area contributed by atoms with E-state index in [9.17, 15) is 0 Å². The van der Waals surface area contributed by atoms with Crippen molar-refractivity contribution in [2.24, 2.45) is 0 Å². The molecule has 146 valence electrons. The summed E-state index contributed by atoms with van der Waals surface area (Å²) in [6.07, 6.45) is 7.24. The zero-order chi connectivity index (χ0) is 19.9. The Morgan fingerprint density at radius 1 is 1.39 bits per heavy atom. The molecule has 3 atom stereocenters. The van der Waals surface area contributed by atoms with E-state index in [-0.39, 0.29) is 17.1 Å². The summed E-state index contributed by atoms with van der Waals surface area (Å²) in [6, 6.07) is 6.17. The largest absolute Gasteiger partial charge is 0.374 e. The summed E-state index contributed by atoms with van der Waals surface area (Å²) in [5.74, 6) is 2.28. The van der Waals surface area contributed by atoms with E-state index in [0.29, 0.717) is 18.3 Å². The fourth-order valence-corrected chi connectivity index (χ4v) is 4.12. The van der Waals surface area contributed by atoms with Gasteiger partial charge in [-0.15, -0.1) is 0 Å². The Balaban J connectivity index is 1.84. The van der Waals surface area contributed by atoms with Crippen molar-refractivity contribution in [3.63, 3.8) is 0 Å². The number of pyridine rings is 1. The summed E-state index contributed by atoms with van der Waals surface area (Å²) in [6.45, 7) is 14.9. The average Bonchev–Trinajstić information content (AvgIpc) is 2.96. The van der Waals surface area contributed by atoms with Gasteiger partial charge in [0, 0.05) is 29.1 Å². The van der Waals surface area contributed by atoms with Crippen molar-refractivity contribution in [2.75, 3.05) is 16.8 Å². The van der Waals surface area contributed by atoms with Crippen LogP contribution >= 0.6 is 0 Å². The number of fused-ring (bicyclic) bond motifs is 3. The molecule has 28 heavy (non-hydrogen) atoms. The Kier molecular flexibility index (Phi) is 4.46. The van der Waals surface area contributed by atoms with Gasteiger partial charge in [0.25, 0.3) is 0 Å². The van der Waals surface area contributed by atoms with Crippen molar-refractivity contribution in [1.82, 2.24) is 15.0 Å². The number of nitrogens with zero attached hydrogens (tertiary/aromatic N) is 4. The highest BCUT2D eigenvalue weighted by atomic mass is 16.5. The molecule has 2 aromatic rings. The number of anilines is 3. The molecule has 4 rings (SSSR count). The molecular weight excluding hydrogens is 350 g/mol. The monoisotopic (exact) mass is 377 g/mol. The first-order valence-corrected chi connectivity index (χ1v) is 9.70. The molecule has 1 saturated heterocycles. The van der Waals surface area contributed by atoms with Crippen molar-refractivity contribution in [2.45, 2.75) is 50.7 Å². The number of hydrogen-bond donors (Lipinski definition) is 1. The van der Waals surface area contributed by atoms with Gasteiger partial charge in [-0.2, -0.15) is 4.98 Å². The van der Waals surface area contributed by atoms with Crippen LogP contribution in [0.1, 0.15) is 39.2 Å². The molecule has 0 bridgehead atoms. The Hall–Kier alpha value is -2.73. The summed E-state index contributed by atoms with van der Waals surface area (Å²) in [5.41, 5.74) is 1.39. The summed E-state index contributed by atoms with van der Waals surface area (Å²) >= 11 is 0. The van der Waals surface area contributed by atoms with Gasteiger partial charge in [-0.25, -0.2) is 9.97 Å². The second-order valence-corrected chi connectivity index (χ2v) is 8.07. The first kappa shape index (κ1) is 18.6. The SMILES string of the molecule is C=CC(=C)Nc1ncc2c(n1)N(c1ccccn1)C1CC(C)(CC)OC[C@]21C. The van der Waals surface area contributed by atoms with E-state index < -0.39 is 0 Å². The van der Waals surface area contributed by atoms with Crippen molar-refractivity contribution in [1.29, 1.82) is 0 Å². The normalized spacial score (nSPS) is 28.4. The minimum absolute atomic E-state index is 0.162. The third kappa shape index (κ3) is 2.88. The van der Waals surface area contributed by atoms with Crippen molar-refractivity contribution >= 4 is 17.6 Å². The van der Waals surface area contributed by atoms with E-state index >= 15 is 0 Å². The van der Waals surface area contributed by atoms with Gasteiger partial charge in [0.15, 0.2) is 0 Å². The topological polar surface area (TPSA) is 63.2 Å². The number of rotatable bonds is 5. The Labute approximate surface area is 166 Å². The lowest BCUT2D eigenvalue weighted by Gasteiger charge is -2.47. The van der Waals surface area contributed by atoms with E-state index in [1.807, 2.05) is 30.6 Å². The molecule has 0 radical (unpaired) electrons. The van der Waals surface area contributed by atoms with E-state index in [0.717, 1.165) is 30.0 Å². The van der Waals surface area contributed by atoms with Crippen LogP contribution in [-0.2, 0) is 10.2 Å². The quantitative estimate of drug-likeness (QED) is 0.782. The number of ether oxygens (including phenoxy) is 1. The third-order valence-electron chi connectivity index (χ3n) is 6.17.